The molecular weight excluding hydrogens is 230 g/mol. The van der Waals surface area contributed by atoms with Gasteiger partial charge in [0.05, 0.1) is 13.2 Å². The first-order chi connectivity index (χ1) is 8.53. The molecule has 1 aromatic carbocycles. The first kappa shape index (κ1) is 11.4. The first-order valence-electron chi connectivity index (χ1n) is 6.09. The maximum atomic E-state index is 5.76. The van der Waals surface area contributed by atoms with Gasteiger partial charge in [0.2, 0.25) is 5.79 Å². The second-order valence-electron chi connectivity index (χ2n) is 5.07. The van der Waals surface area contributed by atoms with Crippen LogP contribution in [0, 0.1) is 0 Å². The fraction of sp³-hybridized carbons (Fsp3) is 0.429. The smallest absolute Gasteiger partial charge is 0.205 e. The largest absolute Gasteiger partial charge is 0.470 e. The van der Waals surface area contributed by atoms with Crippen LogP contribution in [0.4, 0.5) is 0 Å². The van der Waals surface area contributed by atoms with Gasteiger partial charge in [0.15, 0.2) is 5.88 Å². The van der Waals surface area contributed by atoms with Crippen LogP contribution in [0.15, 0.2) is 30.7 Å². The van der Waals surface area contributed by atoms with Gasteiger partial charge in [-0.15, -0.1) is 0 Å². The highest BCUT2D eigenvalue weighted by atomic mass is 16.7. The van der Waals surface area contributed by atoms with Crippen LogP contribution in [-0.2, 0) is 16.1 Å². The maximum Gasteiger partial charge on any atom is 0.205 e. The highest BCUT2D eigenvalue weighted by molar-refractivity contribution is 5.39. The van der Waals surface area contributed by atoms with Crippen molar-refractivity contribution in [3.8, 4) is 5.75 Å². The van der Waals surface area contributed by atoms with E-state index in [1.54, 1.807) is 0 Å². The van der Waals surface area contributed by atoms with Crippen LogP contribution in [-0.4, -0.2) is 12.3 Å². The Kier molecular flexibility index (Phi) is 2.48. The fourth-order valence-corrected chi connectivity index (χ4v) is 2.21. The zero-order valence-electron chi connectivity index (χ0n) is 10.7. The number of ether oxygens (including phenoxy) is 3. The topological polar surface area (TPSA) is 39.7 Å². The molecule has 2 aliphatic rings. The Morgan fingerprint density at radius 2 is 2.22 bits per heavy atom. The van der Waals surface area contributed by atoms with Gasteiger partial charge in [-0.1, -0.05) is 6.07 Å². The Bertz CT molecular complexity index is 496. The minimum absolute atomic E-state index is 0.0257. The Morgan fingerprint density at radius 3 is 2.94 bits per heavy atom. The fourth-order valence-electron chi connectivity index (χ4n) is 2.21. The molecule has 2 aliphatic heterocycles. The van der Waals surface area contributed by atoms with Crippen LogP contribution >= 0.6 is 0 Å². The molecule has 0 radical (unpaired) electrons. The van der Waals surface area contributed by atoms with E-state index >= 15 is 0 Å². The van der Waals surface area contributed by atoms with Gasteiger partial charge < -0.3 is 19.5 Å². The van der Waals surface area contributed by atoms with E-state index in [1.165, 1.54) is 0 Å². The van der Waals surface area contributed by atoms with Gasteiger partial charge in [-0.2, -0.15) is 0 Å². The Balaban J connectivity index is 1.86. The van der Waals surface area contributed by atoms with Crippen LogP contribution < -0.4 is 10.1 Å². The molecule has 0 aliphatic carbocycles. The lowest BCUT2D eigenvalue weighted by atomic mass is 10.0. The van der Waals surface area contributed by atoms with Crippen molar-refractivity contribution in [1.29, 1.82) is 0 Å². The molecule has 3 rings (SSSR count). The third kappa shape index (κ3) is 2.04. The average molecular weight is 247 g/mol. The van der Waals surface area contributed by atoms with Crippen molar-refractivity contribution in [2.24, 2.45) is 0 Å². The third-order valence-electron chi connectivity index (χ3n) is 3.16. The molecule has 0 spiro atoms. The van der Waals surface area contributed by atoms with Gasteiger partial charge in [0.1, 0.15) is 11.9 Å². The summed E-state index contributed by atoms with van der Waals surface area (Å²) in [5, 5.41) is 3.08. The van der Waals surface area contributed by atoms with Crippen molar-refractivity contribution < 1.29 is 14.2 Å². The van der Waals surface area contributed by atoms with Crippen molar-refractivity contribution in [3.63, 3.8) is 0 Å². The van der Waals surface area contributed by atoms with Crippen molar-refractivity contribution in [2.45, 2.75) is 32.3 Å². The molecule has 1 saturated heterocycles. The molecule has 1 aromatic rings. The summed E-state index contributed by atoms with van der Waals surface area (Å²) in [4.78, 5) is 0. The van der Waals surface area contributed by atoms with E-state index in [4.69, 9.17) is 14.2 Å². The maximum absolute atomic E-state index is 5.76. The number of hydrogen-bond donors (Lipinski definition) is 1. The van der Waals surface area contributed by atoms with Crippen molar-refractivity contribution >= 4 is 0 Å². The highest BCUT2D eigenvalue weighted by Gasteiger charge is 2.28. The van der Waals surface area contributed by atoms with Gasteiger partial charge in [0.25, 0.3) is 0 Å². The summed E-state index contributed by atoms with van der Waals surface area (Å²) in [5.74, 6) is 0.972. The molecular formula is C14H17NO3. The molecule has 1 unspecified atom stereocenters. The van der Waals surface area contributed by atoms with E-state index in [0.717, 1.165) is 23.4 Å². The van der Waals surface area contributed by atoms with Crippen LogP contribution in [0.2, 0.25) is 0 Å². The second-order valence-corrected chi connectivity index (χ2v) is 5.07. The third-order valence-corrected chi connectivity index (χ3v) is 3.16. The molecule has 0 amide bonds. The van der Waals surface area contributed by atoms with Crippen molar-refractivity contribution in [1.82, 2.24) is 5.32 Å². The monoisotopic (exact) mass is 247 g/mol. The molecule has 0 aromatic heterocycles. The normalized spacial score (nSPS) is 24.8. The number of nitrogens with one attached hydrogen (secondary N) is 1. The lowest BCUT2D eigenvalue weighted by molar-refractivity contribution is -0.180. The molecule has 4 heteroatoms. The van der Waals surface area contributed by atoms with Gasteiger partial charge in [-0.3, -0.25) is 0 Å². The van der Waals surface area contributed by atoms with Crippen LogP contribution in [0.25, 0.3) is 0 Å². The summed E-state index contributed by atoms with van der Waals surface area (Å²) in [6.45, 7) is 8.90. The first-order valence-corrected chi connectivity index (χ1v) is 6.09. The second kappa shape index (κ2) is 3.92. The van der Waals surface area contributed by atoms with Crippen molar-refractivity contribution in [2.75, 3.05) is 6.54 Å². The standard InChI is InChI=1S/C14H17NO3/c1-9-15-7-13(17-9)10-4-5-12-11(6-10)8-16-14(2,3)18-12/h4-6,13,15H,1,7-8H2,2-3H3. The summed E-state index contributed by atoms with van der Waals surface area (Å²) in [6, 6.07) is 6.10. The van der Waals surface area contributed by atoms with E-state index in [1.807, 2.05) is 26.0 Å². The molecule has 96 valence electrons. The van der Waals surface area contributed by atoms with E-state index in [-0.39, 0.29) is 6.10 Å². The van der Waals surface area contributed by atoms with Crippen LogP contribution in [0.1, 0.15) is 31.1 Å². The Hall–Kier alpha value is -1.68. The quantitative estimate of drug-likeness (QED) is 0.827. The van der Waals surface area contributed by atoms with Gasteiger partial charge in [-0.25, -0.2) is 0 Å². The minimum atomic E-state index is -0.547. The molecule has 2 heterocycles. The number of benzene rings is 1. The highest BCUT2D eigenvalue weighted by Crippen LogP contribution is 2.34. The lowest BCUT2D eigenvalue weighted by Crippen LogP contribution is -2.35. The Labute approximate surface area is 107 Å². The molecule has 1 fully saturated rings. The van der Waals surface area contributed by atoms with E-state index in [2.05, 4.69) is 18.0 Å². The lowest BCUT2D eigenvalue weighted by Gasteiger charge is -2.32. The molecule has 18 heavy (non-hydrogen) atoms. The van der Waals surface area contributed by atoms with E-state index in [0.29, 0.717) is 12.5 Å². The molecule has 4 nitrogen and oxygen atoms in total. The van der Waals surface area contributed by atoms with E-state index in [9.17, 15) is 0 Å². The summed E-state index contributed by atoms with van der Waals surface area (Å²) in [7, 11) is 0. The Morgan fingerprint density at radius 1 is 1.39 bits per heavy atom. The van der Waals surface area contributed by atoms with Gasteiger partial charge in [-0.05, 0) is 24.3 Å². The minimum Gasteiger partial charge on any atom is -0.470 e. The zero-order chi connectivity index (χ0) is 12.8. The molecule has 1 N–H and O–H groups in total. The molecule has 1 atom stereocenters. The van der Waals surface area contributed by atoms with Gasteiger partial charge >= 0.3 is 0 Å². The SMILES string of the molecule is C=C1NCC(c2ccc3c(c2)COC(C)(C)O3)O1. The predicted octanol–water partition coefficient (Wildman–Crippen LogP) is 2.46. The molecule has 0 saturated carbocycles. The number of fused-ring (bicyclic) bond motifs is 1. The summed E-state index contributed by atoms with van der Waals surface area (Å²) in [6.07, 6.45) is 0.0257. The summed E-state index contributed by atoms with van der Waals surface area (Å²) >= 11 is 0. The van der Waals surface area contributed by atoms with Crippen LogP contribution in [0.3, 0.4) is 0 Å². The van der Waals surface area contributed by atoms with Gasteiger partial charge in [0, 0.05) is 19.4 Å². The summed E-state index contributed by atoms with van der Waals surface area (Å²) in [5.41, 5.74) is 2.18. The average Bonchev–Trinajstić information content (AvgIpc) is 2.74. The molecule has 0 bridgehead atoms. The van der Waals surface area contributed by atoms with Crippen LogP contribution in [0.5, 0.6) is 5.75 Å². The van der Waals surface area contributed by atoms with Crippen molar-refractivity contribution in [3.05, 3.63) is 41.8 Å². The van der Waals surface area contributed by atoms with E-state index < -0.39 is 5.79 Å². The number of rotatable bonds is 1. The predicted molar refractivity (Wildman–Crippen MR) is 66.9 cm³/mol. The number of hydrogen-bond acceptors (Lipinski definition) is 4. The zero-order valence-corrected chi connectivity index (χ0v) is 10.7. The summed E-state index contributed by atoms with van der Waals surface area (Å²) < 4.78 is 17.0.